The van der Waals surface area contributed by atoms with Gasteiger partial charge in [0.1, 0.15) is 0 Å². The molecule has 0 bridgehead atoms. The number of nitrogens with zero attached hydrogens (tertiary/aromatic N) is 1. The summed E-state index contributed by atoms with van der Waals surface area (Å²) in [5.41, 5.74) is 0. The first-order valence-corrected chi connectivity index (χ1v) is 6.48. The third-order valence-electron chi connectivity index (χ3n) is 1.84. The monoisotopic (exact) mass is 339 g/mol. The largest absolute Gasteiger partial charge is 0.287 e. The first kappa shape index (κ1) is 10.6. The molecule has 0 aliphatic carbocycles. The summed E-state index contributed by atoms with van der Waals surface area (Å²) in [6.07, 6.45) is 0.916. The lowest BCUT2D eigenvalue weighted by Gasteiger charge is -2.11. The predicted octanol–water partition coefficient (Wildman–Crippen LogP) is 3.05. The van der Waals surface area contributed by atoms with Crippen LogP contribution in [0.1, 0.15) is 16.1 Å². The second-order valence-electron chi connectivity index (χ2n) is 2.83. The first-order valence-electron chi connectivity index (χ1n) is 4.08. The number of hydrogen-bond donors (Lipinski definition) is 0. The Morgan fingerprint density at radius 1 is 1.57 bits per heavy atom. The van der Waals surface area contributed by atoms with Crippen LogP contribution in [0, 0.1) is 0 Å². The van der Waals surface area contributed by atoms with Crippen LogP contribution in [-0.2, 0) is 4.84 Å². The van der Waals surface area contributed by atoms with Crippen LogP contribution in [0.25, 0.3) is 0 Å². The smallest absolute Gasteiger partial charge is 0.271 e. The van der Waals surface area contributed by atoms with Gasteiger partial charge in [-0.15, -0.1) is 11.3 Å². The molecule has 1 fully saturated rings. The molecule has 0 unspecified atom stereocenters. The van der Waals surface area contributed by atoms with Crippen LogP contribution in [0.5, 0.6) is 0 Å². The highest BCUT2D eigenvalue weighted by Crippen LogP contribution is 2.33. The summed E-state index contributed by atoms with van der Waals surface area (Å²) in [5, 5.41) is 1.42. The Kier molecular flexibility index (Phi) is 3.26. The van der Waals surface area contributed by atoms with Crippen LogP contribution in [0.15, 0.2) is 14.3 Å². The van der Waals surface area contributed by atoms with Crippen molar-refractivity contribution in [3.8, 4) is 0 Å². The summed E-state index contributed by atoms with van der Waals surface area (Å²) in [4.78, 5) is 17.6. The van der Waals surface area contributed by atoms with Crippen molar-refractivity contribution >= 4 is 49.1 Å². The van der Waals surface area contributed by atoms with Gasteiger partial charge in [-0.1, -0.05) is 0 Å². The molecule has 6 heteroatoms. The molecular weight excluding hydrogens is 334 g/mol. The maximum atomic E-state index is 11.8. The molecule has 1 aliphatic rings. The van der Waals surface area contributed by atoms with E-state index < -0.39 is 0 Å². The molecule has 1 aliphatic heterocycles. The number of hydroxylamine groups is 2. The van der Waals surface area contributed by atoms with Gasteiger partial charge in [0.25, 0.3) is 5.91 Å². The van der Waals surface area contributed by atoms with E-state index in [1.165, 1.54) is 16.4 Å². The SMILES string of the molecule is O=C(c1cc(Br)c(Br)s1)N1CCCO1. The van der Waals surface area contributed by atoms with Crippen LogP contribution in [0.2, 0.25) is 0 Å². The molecule has 0 spiro atoms. The van der Waals surface area contributed by atoms with Crippen LogP contribution in [0.4, 0.5) is 0 Å². The van der Waals surface area contributed by atoms with Gasteiger partial charge in [0.15, 0.2) is 0 Å². The lowest BCUT2D eigenvalue weighted by atomic mass is 10.4. The molecule has 14 heavy (non-hydrogen) atoms. The van der Waals surface area contributed by atoms with Crippen molar-refractivity contribution in [3.05, 3.63) is 19.2 Å². The Balaban J connectivity index is 2.18. The number of hydrogen-bond acceptors (Lipinski definition) is 3. The van der Waals surface area contributed by atoms with Gasteiger partial charge >= 0.3 is 0 Å². The summed E-state index contributed by atoms with van der Waals surface area (Å²) in [7, 11) is 0. The fourth-order valence-electron chi connectivity index (χ4n) is 1.18. The second-order valence-corrected chi connectivity index (χ2v) is 6.05. The van der Waals surface area contributed by atoms with Gasteiger partial charge in [-0.3, -0.25) is 9.63 Å². The van der Waals surface area contributed by atoms with E-state index in [1.54, 1.807) is 6.07 Å². The highest BCUT2D eigenvalue weighted by molar-refractivity contribution is 9.13. The molecule has 3 nitrogen and oxygen atoms in total. The fourth-order valence-corrected chi connectivity index (χ4v) is 3.16. The van der Waals surface area contributed by atoms with E-state index in [0.717, 1.165) is 14.7 Å². The number of rotatable bonds is 1. The van der Waals surface area contributed by atoms with Crippen molar-refractivity contribution in [2.24, 2.45) is 0 Å². The molecule has 0 N–H and O–H groups in total. The van der Waals surface area contributed by atoms with Crippen molar-refractivity contribution in [1.82, 2.24) is 5.06 Å². The lowest BCUT2D eigenvalue weighted by molar-refractivity contribution is -0.0765. The molecule has 2 heterocycles. The predicted molar refractivity (Wildman–Crippen MR) is 61.3 cm³/mol. The summed E-state index contributed by atoms with van der Waals surface area (Å²) < 4.78 is 1.84. The van der Waals surface area contributed by atoms with Crippen LogP contribution < -0.4 is 0 Å². The van der Waals surface area contributed by atoms with Gasteiger partial charge in [0.05, 0.1) is 21.8 Å². The van der Waals surface area contributed by atoms with E-state index in [-0.39, 0.29) is 5.91 Å². The summed E-state index contributed by atoms with van der Waals surface area (Å²) in [6, 6.07) is 1.80. The zero-order valence-corrected chi connectivity index (χ0v) is 11.1. The van der Waals surface area contributed by atoms with E-state index >= 15 is 0 Å². The van der Waals surface area contributed by atoms with E-state index in [9.17, 15) is 4.79 Å². The number of halogens is 2. The highest BCUT2D eigenvalue weighted by Gasteiger charge is 2.23. The van der Waals surface area contributed by atoms with Gasteiger partial charge in [0.2, 0.25) is 0 Å². The van der Waals surface area contributed by atoms with E-state index in [1.807, 2.05) is 0 Å². The Morgan fingerprint density at radius 2 is 2.36 bits per heavy atom. The van der Waals surface area contributed by atoms with Crippen molar-refractivity contribution in [1.29, 1.82) is 0 Å². The summed E-state index contributed by atoms with van der Waals surface area (Å²) in [6.45, 7) is 1.32. The molecule has 0 atom stereocenters. The standard InChI is InChI=1S/C8H7Br2NO2S/c9-5-4-6(14-7(5)10)8(12)11-2-1-3-13-11/h4H,1-3H2. The lowest BCUT2D eigenvalue weighted by Crippen LogP contribution is -2.25. The molecule has 0 saturated carbocycles. The van der Waals surface area contributed by atoms with Crippen LogP contribution in [-0.4, -0.2) is 24.1 Å². The quantitative estimate of drug-likeness (QED) is 0.786. The van der Waals surface area contributed by atoms with E-state index in [4.69, 9.17) is 4.84 Å². The van der Waals surface area contributed by atoms with Gasteiger partial charge in [-0.05, 0) is 44.3 Å². The molecule has 1 amide bonds. The molecule has 76 valence electrons. The topological polar surface area (TPSA) is 29.5 Å². The van der Waals surface area contributed by atoms with Crippen LogP contribution >= 0.6 is 43.2 Å². The molecule has 0 aromatic carbocycles. The minimum absolute atomic E-state index is 0.0566. The molecule has 1 saturated heterocycles. The Labute approximate surface area is 102 Å². The molecular formula is C8H7Br2NO2S. The van der Waals surface area contributed by atoms with Gasteiger partial charge in [-0.25, -0.2) is 5.06 Å². The third kappa shape index (κ3) is 2.03. The highest BCUT2D eigenvalue weighted by atomic mass is 79.9. The van der Waals surface area contributed by atoms with E-state index in [2.05, 4.69) is 31.9 Å². The minimum Gasteiger partial charge on any atom is -0.271 e. The van der Waals surface area contributed by atoms with Crippen LogP contribution in [0.3, 0.4) is 0 Å². The molecule has 0 radical (unpaired) electrons. The van der Waals surface area contributed by atoms with Crippen molar-refractivity contribution in [3.63, 3.8) is 0 Å². The third-order valence-corrected chi connectivity index (χ3v) is 5.08. The Morgan fingerprint density at radius 3 is 2.86 bits per heavy atom. The Bertz CT molecular complexity index is 341. The molecule has 2 rings (SSSR count). The fraction of sp³-hybridized carbons (Fsp3) is 0.375. The average Bonchev–Trinajstić information content (AvgIpc) is 2.76. The normalized spacial score (nSPS) is 16.3. The average molecular weight is 341 g/mol. The van der Waals surface area contributed by atoms with Crippen molar-refractivity contribution < 1.29 is 9.63 Å². The zero-order chi connectivity index (χ0) is 10.1. The molecule has 1 aromatic heterocycles. The van der Waals surface area contributed by atoms with Gasteiger partial charge < -0.3 is 0 Å². The summed E-state index contributed by atoms with van der Waals surface area (Å²) >= 11 is 8.11. The van der Waals surface area contributed by atoms with Crippen molar-refractivity contribution in [2.75, 3.05) is 13.2 Å². The molecule has 1 aromatic rings. The number of carbonyl (C=O) groups excluding carboxylic acids is 1. The van der Waals surface area contributed by atoms with E-state index in [0.29, 0.717) is 18.0 Å². The van der Waals surface area contributed by atoms with Gasteiger partial charge in [0, 0.05) is 4.47 Å². The zero-order valence-electron chi connectivity index (χ0n) is 7.13. The van der Waals surface area contributed by atoms with Crippen molar-refractivity contribution in [2.45, 2.75) is 6.42 Å². The second kappa shape index (κ2) is 4.30. The first-order chi connectivity index (χ1) is 6.68. The number of thiophene rings is 1. The van der Waals surface area contributed by atoms with Gasteiger partial charge in [-0.2, -0.15) is 0 Å². The number of carbonyl (C=O) groups is 1. The summed E-state index contributed by atoms with van der Waals surface area (Å²) in [5.74, 6) is -0.0566. The Hall–Kier alpha value is 0.0900. The maximum absolute atomic E-state index is 11.8. The number of amides is 1. The maximum Gasteiger partial charge on any atom is 0.287 e. The minimum atomic E-state index is -0.0566.